The molecule has 0 saturated heterocycles. The van der Waals surface area contributed by atoms with Gasteiger partial charge < -0.3 is 4.74 Å². The van der Waals surface area contributed by atoms with Crippen LogP contribution in [-0.2, 0) is 10.9 Å². The molecule has 3 rings (SSSR count). The second kappa shape index (κ2) is 8.33. The van der Waals surface area contributed by atoms with E-state index in [0.29, 0.717) is 0 Å². The Morgan fingerprint density at radius 2 is 1.37 bits per heavy atom. The van der Waals surface area contributed by atoms with Gasteiger partial charge in [-0.05, 0) is 57.2 Å². The van der Waals surface area contributed by atoms with E-state index in [1.165, 1.54) is 0 Å². The van der Waals surface area contributed by atoms with Crippen molar-refractivity contribution in [1.29, 1.82) is 0 Å². The lowest BCUT2D eigenvalue weighted by Crippen LogP contribution is -2.26. The Kier molecular flexibility index (Phi) is 5.88. The van der Waals surface area contributed by atoms with Gasteiger partial charge in [0.25, 0.3) is 0 Å². The van der Waals surface area contributed by atoms with Crippen molar-refractivity contribution in [3.8, 4) is 17.6 Å². The van der Waals surface area contributed by atoms with E-state index in [0.717, 1.165) is 14.7 Å². The number of hydrogen-bond donors (Lipinski definition) is 0. The molecular formula is C24H22FOS+. The number of halogens is 1. The van der Waals surface area contributed by atoms with Crippen LogP contribution in [0.2, 0.25) is 0 Å². The van der Waals surface area contributed by atoms with E-state index in [-0.39, 0.29) is 22.5 Å². The zero-order chi connectivity index (χ0) is 19.3. The summed E-state index contributed by atoms with van der Waals surface area (Å²) in [5.74, 6) is 5.62. The molecule has 0 atom stereocenters. The highest BCUT2D eigenvalue weighted by molar-refractivity contribution is 7.97. The van der Waals surface area contributed by atoms with Crippen LogP contribution in [-0.4, -0.2) is 5.60 Å². The van der Waals surface area contributed by atoms with Gasteiger partial charge in [-0.25, -0.2) is 4.39 Å². The van der Waals surface area contributed by atoms with Gasteiger partial charge in [0.2, 0.25) is 0 Å². The maximum Gasteiger partial charge on any atom is 0.170 e. The summed E-state index contributed by atoms with van der Waals surface area (Å²) in [7, 11) is -0.383. The fraction of sp³-hybridized carbons (Fsp3) is 0.167. The average Bonchev–Trinajstić information content (AvgIpc) is 2.66. The minimum Gasteiger partial charge on any atom is -0.472 e. The van der Waals surface area contributed by atoms with Crippen LogP contribution in [0.5, 0.6) is 5.75 Å². The smallest absolute Gasteiger partial charge is 0.170 e. The summed E-state index contributed by atoms with van der Waals surface area (Å²) < 4.78 is 20.6. The highest BCUT2D eigenvalue weighted by Crippen LogP contribution is 2.33. The molecular weight excluding hydrogens is 355 g/mol. The van der Waals surface area contributed by atoms with Crippen molar-refractivity contribution in [2.75, 3.05) is 0 Å². The van der Waals surface area contributed by atoms with Gasteiger partial charge in [0.15, 0.2) is 31.9 Å². The van der Waals surface area contributed by atoms with Crippen molar-refractivity contribution in [3.63, 3.8) is 0 Å². The van der Waals surface area contributed by atoms with E-state index in [2.05, 4.69) is 36.1 Å². The lowest BCUT2D eigenvalue weighted by Gasteiger charge is -2.21. The monoisotopic (exact) mass is 377 g/mol. The molecule has 1 nitrogen and oxygen atoms in total. The molecule has 3 heteroatoms. The van der Waals surface area contributed by atoms with Gasteiger partial charge in [-0.15, -0.1) is 5.92 Å². The Labute approximate surface area is 163 Å². The molecule has 0 N–H and O–H groups in total. The van der Waals surface area contributed by atoms with Crippen LogP contribution in [0.25, 0.3) is 0 Å². The van der Waals surface area contributed by atoms with E-state index in [4.69, 9.17) is 4.74 Å². The lowest BCUT2D eigenvalue weighted by atomic mass is 10.1. The van der Waals surface area contributed by atoms with Crippen LogP contribution < -0.4 is 4.74 Å². The molecule has 136 valence electrons. The van der Waals surface area contributed by atoms with E-state index in [1.807, 2.05) is 56.3 Å². The standard InChI is InChI=1S/C24H22FOS/c1-4-17-24(2,3)26-23-16-15-21(18-22(23)25)27(19-11-7-5-8-12-19)20-13-9-6-10-14-20/h5-16,18H,1-3H3/q+1. The Bertz CT molecular complexity index is 916. The molecule has 3 aromatic rings. The molecule has 0 unspecified atom stereocenters. The third kappa shape index (κ3) is 4.72. The SMILES string of the molecule is CC#CC(C)(C)Oc1ccc([S+](c2ccccc2)c2ccccc2)cc1F. The Hall–Kier alpha value is -2.70. The summed E-state index contributed by atoms with van der Waals surface area (Å²) in [6, 6.07) is 25.6. The fourth-order valence-electron chi connectivity index (χ4n) is 2.81. The van der Waals surface area contributed by atoms with Gasteiger partial charge in [0.05, 0.1) is 10.9 Å². The molecule has 0 spiro atoms. The highest BCUT2D eigenvalue weighted by Gasteiger charge is 2.30. The summed E-state index contributed by atoms with van der Waals surface area (Å²) in [5.41, 5.74) is -0.738. The largest absolute Gasteiger partial charge is 0.472 e. The predicted octanol–water partition coefficient (Wildman–Crippen LogP) is 6.10. The third-order valence-corrected chi connectivity index (χ3v) is 6.10. The maximum absolute atomic E-state index is 14.8. The van der Waals surface area contributed by atoms with Crippen LogP contribution in [0.3, 0.4) is 0 Å². The van der Waals surface area contributed by atoms with Gasteiger partial charge in [-0.2, -0.15) is 0 Å². The van der Waals surface area contributed by atoms with Crippen LogP contribution in [0.15, 0.2) is 93.5 Å². The average molecular weight is 378 g/mol. The quantitative estimate of drug-likeness (QED) is 0.385. The first-order valence-corrected chi connectivity index (χ1v) is 9.99. The molecule has 0 radical (unpaired) electrons. The van der Waals surface area contributed by atoms with Crippen molar-refractivity contribution in [2.45, 2.75) is 41.1 Å². The Morgan fingerprint density at radius 3 is 1.85 bits per heavy atom. The molecule has 0 aliphatic carbocycles. The molecule has 0 aliphatic heterocycles. The first kappa shape index (κ1) is 19.1. The van der Waals surface area contributed by atoms with Gasteiger partial charge in [-0.3, -0.25) is 0 Å². The summed E-state index contributed by atoms with van der Waals surface area (Å²) >= 11 is 0. The summed E-state index contributed by atoms with van der Waals surface area (Å²) in [6.07, 6.45) is 0. The molecule has 3 aromatic carbocycles. The van der Waals surface area contributed by atoms with Crippen LogP contribution in [0, 0.1) is 17.7 Å². The number of hydrogen-bond acceptors (Lipinski definition) is 1. The van der Waals surface area contributed by atoms with E-state index in [9.17, 15) is 4.39 Å². The van der Waals surface area contributed by atoms with E-state index < -0.39 is 5.60 Å². The topological polar surface area (TPSA) is 9.23 Å². The van der Waals surface area contributed by atoms with E-state index in [1.54, 1.807) is 19.1 Å². The van der Waals surface area contributed by atoms with E-state index >= 15 is 0 Å². The fourth-order valence-corrected chi connectivity index (χ4v) is 4.91. The maximum atomic E-state index is 14.8. The molecule has 0 heterocycles. The zero-order valence-electron chi connectivity index (χ0n) is 15.7. The van der Waals surface area contributed by atoms with Gasteiger partial charge in [-0.1, -0.05) is 42.3 Å². The van der Waals surface area contributed by atoms with Crippen LogP contribution >= 0.6 is 0 Å². The molecule has 0 fully saturated rings. The summed E-state index contributed by atoms with van der Waals surface area (Å²) in [6.45, 7) is 5.40. The van der Waals surface area contributed by atoms with Crippen molar-refractivity contribution >= 4 is 10.9 Å². The number of benzene rings is 3. The minimum absolute atomic E-state index is 0.219. The zero-order valence-corrected chi connectivity index (χ0v) is 16.5. The van der Waals surface area contributed by atoms with Gasteiger partial charge in [0.1, 0.15) is 0 Å². The third-order valence-electron chi connectivity index (χ3n) is 3.89. The van der Waals surface area contributed by atoms with Gasteiger partial charge >= 0.3 is 0 Å². The molecule has 0 amide bonds. The van der Waals surface area contributed by atoms with Crippen LogP contribution in [0.4, 0.5) is 4.39 Å². The first-order valence-electron chi connectivity index (χ1n) is 8.77. The normalized spacial score (nSPS) is 11.0. The molecule has 0 bridgehead atoms. The first-order chi connectivity index (χ1) is 13.0. The van der Waals surface area contributed by atoms with Crippen molar-refractivity contribution in [1.82, 2.24) is 0 Å². The second-order valence-corrected chi connectivity index (χ2v) is 8.54. The number of ether oxygens (including phenoxy) is 1. The summed E-state index contributed by atoms with van der Waals surface area (Å²) in [4.78, 5) is 3.21. The number of rotatable bonds is 5. The van der Waals surface area contributed by atoms with Crippen molar-refractivity contribution in [2.24, 2.45) is 0 Å². The highest BCUT2D eigenvalue weighted by atomic mass is 32.2. The molecule has 0 aliphatic rings. The lowest BCUT2D eigenvalue weighted by molar-refractivity contribution is 0.164. The molecule has 27 heavy (non-hydrogen) atoms. The Morgan fingerprint density at radius 1 is 0.815 bits per heavy atom. The van der Waals surface area contributed by atoms with Crippen LogP contribution in [0.1, 0.15) is 20.8 Å². The predicted molar refractivity (Wildman–Crippen MR) is 110 cm³/mol. The molecule has 0 aromatic heterocycles. The molecule has 0 saturated carbocycles. The van der Waals surface area contributed by atoms with Crippen molar-refractivity contribution < 1.29 is 9.13 Å². The van der Waals surface area contributed by atoms with Gasteiger partial charge in [0, 0.05) is 6.07 Å². The van der Waals surface area contributed by atoms with Crippen molar-refractivity contribution in [3.05, 3.63) is 84.7 Å². The minimum atomic E-state index is -0.738. The summed E-state index contributed by atoms with van der Waals surface area (Å²) in [5, 5.41) is 0. The Balaban J connectivity index is 2.01. The second-order valence-electron chi connectivity index (χ2n) is 6.51.